The average Bonchev–Trinajstić information content (AvgIpc) is 2.61. The summed E-state index contributed by atoms with van der Waals surface area (Å²) in [6, 6.07) is 14.2. The Morgan fingerprint density at radius 1 is 1.27 bits per heavy atom. The lowest BCUT2D eigenvalue weighted by atomic mass is 9.94. The highest BCUT2D eigenvalue weighted by molar-refractivity contribution is 5.70. The fraction of sp³-hybridized carbons (Fsp3) is 0.350. The molecule has 0 saturated heterocycles. The second-order valence-corrected chi connectivity index (χ2v) is 6.73. The third-order valence-corrected chi connectivity index (χ3v) is 4.42. The molecule has 0 bridgehead atoms. The predicted molar refractivity (Wildman–Crippen MR) is 101 cm³/mol. The molecule has 6 nitrogen and oxygen atoms in total. The lowest BCUT2D eigenvalue weighted by molar-refractivity contribution is 0.102. The summed E-state index contributed by atoms with van der Waals surface area (Å²) in [6.45, 7) is 0.452. The van der Waals surface area contributed by atoms with Crippen LogP contribution in [0, 0.1) is 0 Å². The fourth-order valence-corrected chi connectivity index (χ4v) is 3.13. The van der Waals surface area contributed by atoms with E-state index in [2.05, 4.69) is 18.2 Å². The molecule has 2 aromatic carbocycles. The van der Waals surface area contributed by atoms with Gasteiger partial charge in [-0.25, -0.2) is 9.86 Å². The Labute approximate surface area is 154 Å². The van der Waals surface area contributed by atoms with E-state index >= 15 is 0 Å². The number of methoxy groups -OCH3 is 1. The van der Waals surface area contributed by atoms with Crippen LogP contribution in [0.25, 0.3) is 0 Å². The number of rotatable bonds is 4. The van der Waals surface area contributed by atoms with Gasteiger partial charge in [-0.2, -0.15) is 0 Å². The van der Waals surface area contributed by atoms with Crippen LogP contribution >= 0.6 is 0 Å². The number of hydroxylamine groups is 1. The summed E-state index contributed by atoms with van der Waals surface area (Å²) in [7, 11) is 4.95. The van der Waals surface area contributed by atoms with E-state index in [9.17, 15) is 4.79 Å². The first-order valence-electron chi connectivity index (χ1n) is 8.64. The monoisotopic (exact) mass is 355 g/mol. The van der Waals surface area contributed by atoms with E-state index in [1.807, 2.05) is 24.3 Å². The molecule has 0 radical (unpaired) electrons. The zero-order valence-electron chi connectivity index (χ0n) is 15.4. The molecule has 1 aliphatic heterocycles. The average molecular weight is 355 g/mol. The smallest absolute Gasteiger partial charge is 0.433 e. The van der Waals surface area contributed by atoms with E-state index in [-0.39, 0.29) is 6.04 Å². The highest BCUT2D eigenvalue weighted by Gasteiger charge is 2.27. The van der Waals surface area contributed by atoms with Crippen LogP contribution in [0.15, 0.2) is 42.5 Å². The Morgan fingerprint density at radius 2 is 2.00 bits per heavy atom. The van der Waals surface area contributed by atoms with Gasteiger partial charge in [-0.3, -0.25) is 0 Å². The number of benzene rings is 2. The molecule has 2 N–H and O–H groups in total. The van der Waals surface area contributed by atoms with E-state index in [4.69, 9.17) is 15.3 Å². The molecule has 0 aliphatic carbocycles. The summed E-state index contributed by atoms with van der Waals surface area (Å²) in [5, 5.41) is 1.57. The Bertz CT molecular complexity index is 777. The summed E-state index contributed by atoms with van der Waals surface area (Å²) >= 11 is 0. The van der Waals surface area contributed by atoms with Crippen LogP contribution in [-0.4, -0.2) is 44.8 Å². The fourth-order valence-electron chi connectivity index (χ4n) is 3.13. The molecular formula is C20H25N3O3. The SMILES string of the molecule is COc1cc2c(cc1Cc1ccccc1)C[C@H](N)CN2OC(=O)N(C)C. The first kappa shape index (κ1) is 18.1. The van der Waals surface area contributed by atoms with Crippen molar-refractivity contribution < 1.29 is 14.4 Å². The number of hydrogen-bond donors (Lipinski definition) is 1. The number of carbonyl (C=O) groups is 1. The quantitative estimate of drug-likeness (QED) is 0.913. The second-order valence-electron chi connectivity index (χ2n) is 6.73. The van der Waals surface area contributed by atoms with Crippen molar-refractivity contribution in [2.75, 3.05) is 32.8 Å². The molecule has 3 rings (SSSR count). The van der Waals surface area contributed by atoms with Crippen molar-refractivity contribution in [2.24, 2.45) is 5.73 Å². The summed E-state index contributed by atoms with van der Waals surface area (Å²) in [5.41, 5.74) is 10.4. The van der Waals surface area contributed by atoms with Gasteiger partial charge in [0, 0.05) is 32.6 Å². The van der Waals surface area contributed by atoms with Gasteiger partial charge in [0.05, 0.1) is 19.3 Å². The largest absolute Gasteiger partial charge is 0.496 e. The van der Waals surface area contributed by atoms with Crippen LogP contribution in [0.2, 0.25) is 0 Å². The molecule has 0 saturated carbocycles. The number of amides is 1. The minimum Gasteiger partial charge on any atom is -0.496 e. The maximum Gasteiger partial charge on any atom is 0.433 e. The van der Waals surface area contributed by atoms with Crippen LogP contribution in [0.3, 0.4) is 0 Å². The Morgan fingerprint density at radius 3 is 2.65 bits per heavy atom. The van der Waals surface area contributed by atoms with Crippen molar-refractivity contribution >= 4 is 11.8 Å². The van der Waals surface area contributed by atoms with Crippen LogP contribution in [-0.2, 0) is 17.7 Å². The van der Waals surface area contributed by atoms with Crippen LogP contribution < -0.4 is 15.5 Å². The van der Waals surface area contributed by atoms with Gasteiger partial charge in [0.15, 0.2) is 0 Å². The van der Waals surface area contributed by atoms with Crippen LogP contribution in [0.1, 0.15) is 16.7 Å². The molecule has 0 unspecified atom stereocenters. The molecule has 0 fully saturated rings. The lowest BCUT2D eigenvalue weighted by Gasteiger charge is -2.34. The van der Waals surface area contributed by atoms with E-state index < -0.39 is 6.09 Å². The molecule has 1 heterocycles. The number of ether oxygens (including phenoxy) is 1. The molecule has 0 aromatic heterocycles. The molecule has 2 aromatic rings. The maximum atomic E-state index is 12.0. The molecule has 6 heteroatoms. The second kappa shape index (κ2) is 7.66. The zero-order chi connectivity index (χ0) is 18.7. The van der Waals surface area contributed by atoms with Gasteiger partial charge in [-0.15, -0.1) is 0 Å². The Balaban J connectivity index is 1.94. The molecule has 1 atom stereocenters. The zero-order valence-corrected chi connectivity index (χ0v) is 15.4. The molecule has 1 amide bonds. The summed E-state index contributed by atoms with van der Waals surface area (Å²) in [4.78, 5) is 18.9. The van der Waals surface area contributed by atoms with E-state index in [1.54, 1.807) is 26.3 Å². The standard InChI is InChI=1S/C20H25N3O3/c1-22(2)20(24)26-23-13-17(21)11-15-10-16(19(25-3)12-18(15)23)9-14-7-5-4-6-8-14/h4-8,10,12,17H,9,11,13,21H2,1-3H3/t17-/m0/s1. The molecule has 26 heavy (non-hydrogen) atoms. The van der Waals surface area contributed by atoms with Crippen molar-refractivity contribution in [1.82, 2.24) is 4.90 Å². The molecule has 0 spiro atoms. The van der Waals surface area contributed by atoms with Gasteiger partial charge >= 0.3 is 6.09 Å². The number of carbonyl (C=O) groups excluding carboxylic acids is 1. The molecule has 1 aliphatic rings. The number of hydrogen-bond acceptors (Lipinski definition) is 5. The number of nitrogens with zero attached hydrogens (tertiary/aromatic N) is 2. The van der Waals surface area contributed by atoms with Crippen LogP contribution in [0.4, 0.5) is 10.5 Å². The minimum absolute atomic E-state index is 0.101. The Hall–Kier alpha value is -2.73. The number of fused-ring (bicyclic) bond motifs is 1. The normalized spacial score (nSPS) is 16.0. The van der Waals surface area contributed by atoms with Crippen molar-refractivity contribution in [3.05, 3.63) is 59.2 Å². The van der Waals surface area contributed by atoms with Gasteiger partial charge in [-0.05, 0) is 29.2 Å². The molecular weight excluding hydrogens is 330 g/mol. The maximum absolute atomic E-state index is 12.0. The van der Waals surface area contributed by atoms with E-state index in [1.165, 1.54) is 10.5 Å². The van der Waals surface area contributed by atoms with E-state index in [0.717, 1.165) is 35.4 Å². The van der Waals surface area contributed by atoms with Gasteiger partial charge in [-0.1, -0.05) is 30.3 Å². The molecule has 138 valence electrons. The number of anilines is 1. The summed E-state index contributed by atoms with van der Waals surface area (Å²) in [5.74, 6) is 0.772. The van der Waals surface area contributed by atoms with Crippen molar-refractivity contribution in [3.63, 3.8) is 0 Å². The van der Waals surface area contributed by atoms with Gasteiger partial charge in [0.25, 0.3) is 0 Å². The van der Waals surface area contributed by atoms with Gasteiger partial charge in [0.1, 0.15) is 5.75 Å². The first-order chi connectivity index (χ1) is 12.5. The highest BCUT2D eigenvalue weighted by atomic mass is 16.7. The topological polar surface area (TPSA) is 68.0 Å². The minimum atomic E-state index is -0.433. The lowest BCUT2D eigenvalue weighted by Crippen LogP contribution is -2.45. The predicted octanol–water partition coefficient (Wildman–Crippen LogP) is 2.59. The summed E-state index contributed by atoms with van der Waals surface area (Å²) in [6.07, 6.45) is 1.07. The van der Waals surface area contributed by atoms with Gasteiger partial charge < -0.3 is 20.2 Å². The Kier molecular flexibility index (Phi) is 5.32. The van der Waals surface area contributed by atoms with Crippen molar-refractivity contribution in [2.45, 2.75) is 18.9 Å². The van der Waals surface area contributed by atoms with Gasteiger partial charge in [0.2, 0.25) is 0 Å². The van der Waals surface area contributed by atoms with Crippen molar-refractivity contribution in [3.8, 4) is 5.75 Å². The van der Waals surface area contributed by atoms with Crippen molar-refractivity contribution in [1.29, 1.82) is 0 Å². The third-order valence-electron chi connectivity index (χ3n) is 4.42. The number of nitrogens with two attached hydrogens (primary N) is 1. The highest BCUT2D eigenvalue weighted by Crippen LogP contribution is 2.35. The summed E-state index contributed by atoms with van der Waals surface area (Å²) < 4.78 is 5.60. The first-order valence-corrected chi connectivity index (χ1v) is 8.64. The van der Waals surface area contributed by atoms with Crippen LogP contribution in [0.5, 0.6) is 5.75 Å². The van der Waals surface area contributed by atoms with E-state index in [0.29, 0.717) is 6.54 Å². The third kappa shape index (κ3) is 3.91.